The Balaban J connectivity index is 2.83. The normalized spacial score (nSPS) is 14.2. The van der Waals surface area contributed by atoms with Crippen LogP contribution in [0.15, 0.2) is 4.79 Å². The van der Waals surface area contributed by atoms with Gasteiger partial charge in [-0.1, -0.05) is 0 Å². The van der Waals surface area contributed by atoms with E-state index in [1.807, 2.05) is 19.0 Å². The van der Waals surface area contributed by atoms with E-state index in [0.717, 1.165) is 0 Å². The van der Waals surface area contributed by atoms with E-state index in [4.69, 9.17) is 0 Å². The monoisotopic (exact) mass is 282 g/mol. The van der Waals surface area contributed by atoms with E-state index in [0.29, 0.717) is 17.8 Å². The molecule has 20 heavy (non-hydrogen) atoms. The topological polar surface area (TPSA) is 98.3 Å². The summed E-state index contributed by atoms with van der Waals surface area (Å²) in [6.45, 7) is 5.47. The molecule has 0 radical (unpaired) electrons. The van der Waals surface area contributed by atoms with Gasteiger partial charge in [0.25, 0.3) is 11.5 Å². The van der Waals surface area contributed by atoms with Crippen molar-refractivity contribution >= 4 is 5.91 Å². The molecule has 0 fully saturated rings. The number of carbonyl (C=O) groups is 1. The summed E-state index contributed by atoms with van der Waals surface area (Å²) in [6, 6.07) is 0. The summed E-state index contributed by atoms with van der Waals surface area (Å²) in [4.78, 5) is 25.6. The standard InChI is InChI=1S/C13H22N4O3/c1-8-9(2)15-16-12(19)10(8)11(18)14-6-13(3,20)7-17(4)5/h20H,6-7H2,1-5H3,(H,14,18)(H,16,19). The highest BCUT2D eigenvalue weighted by Crippen LogP contribution is 2.06. The largest absolute Gasteiger partial charge is 0.387 e. The van der Waals surface area contributed by atoms with Crippen molar-refractivity contribution in [3.63, 3.8) is 0 Å². The summed E-state index contributed by atoms with van der Waals surface area (Å²) >= 11 is 0. The number of aryl methyl sites for hydroxylation is 1. The smallest absolute Gasteiger partial charge is 0.277 e. The van der Waals surface area contributed by atoms with E-state index in [-0.39, 0.29) is 12.1 Å². The first kappa shape index (κ1) is 16.3. The molecule has 0 aliphatic heterocycles. The van der Waals surface area contributed by atoms with Gasteiger partial charge in [0.05, 0.1) is 11.3 Å². The summed E-state index contributed by atoms with van der Waals surface area (Å²) in [5.74, 6) is -0.506. The molecule has 1 rings (SSSR count). The highest BCUT2D eigenvalue weighted by atomic mass is 16.3. The fourth-order valence-electron chi connectivity index (χ4n) is 2.00. The van der Waals surface area contributed by atoms with Gasteiger partial charge in [-0.2, -0.15) is 5.10 Å². The number of aromatic amines is 1. The maximum absolute atomic E-state index is 12.1. The Morgan fingerprint density at radius 1 is 1.45 bits per heavy atom. The molecule has 1 atom stereocenters. The predicted molar refractivity (Wildman–Crippen MR) is 75.8 cm³/mol. The van der Waals surface area contributed by atoms with E-state index in [2.05, 4.69) is 15.5 Å². The van der Waals surface area contributed by atoms with Crippen LogP contribution >= 0.6 is 0 Å². The second-order valence-corrected chi connectivity index (χ2v) is 5.56. The van der Waals surface area contributed by atoms with Crippen molar-refractivity contribution in [3.05, 3.63) is 27.2 Å². The van der Waals surface area contributed by atoms with Gasteiger partial charge in [-0.05, 0) is 40.4 Å². The first-order chi connectivity index (χ1) is 9.14. The van der Waals surface area contributed by atoms with Crippen molar-refractivity contribution in [1.29, 1.82) is 0 Å². The molecule has 1 unspecified atom stereocenters. The Kier molecular flexibility index (Phi) is 5.02. The van der Waals surface area contributed by atoms with Gasteiger partial charge in [-0.25, -0.2) is 5.10 Å². The number of amides is 1. The Bertz CT molecular complexity index is 549. The van der Waals surface area contributed by atoms with Crippen LogP contribution in [0, 0.1) is 13.8 Å². The summed E-state index contributed by atoms with van der Waals surface area (Å²) in [6.07, 6.45) is 0. The van der Waals surface area contributed by atoms with Crippen LogP contribution in [-0.4, -0.2) is 58.9 Å². The zero-order valence-electron chi connectivity index (χ0n) is 12.6. The van der Waals surface area contributed by atoms with E-state index in [1.165, 1.54) is 0 Å². The number of rotatable bonds is 5. The molecule has 0 saturated heterocycles. The molecule has 7 nitrogen and oxygen atoms in total. The molecule has 0 bridgehead atoms. The van der Waals surface area contributed by atoms with Crippen LogP contribution in [0.3, 0.4) is 0 Å². The Labute approximate surface area is 118 Å². The highest BCUT2D eigenvalue weighted by Gasteiger charge is 2.24. The minimum absolute atomic E-state index is 0.0400. The second kappa shape index (κ2) is 6.15. The molecule has 7 heteroatoms. The lowest BCUT2D eigenvalue weighted by Gasteiger charge is -2.27. The van der Waals surface area contributed by atoms with Gasteiger partial charge in [0.1, 0.15) is 5.56 Å². The van der Waals surface area contributed by atoms with Gasteiger partial charge < -0.3 is 15.3 Å². The van der Waals surface area contributed by atoms with Crippen LogP contribution in [0.25, 0.3) is 0 Å². The van der Waals surface area contributed by atoms with Crippen LogP contribution in [0.2, 0.25) is 0 Å². The number of likely N-dealkylation sites (N-methyl/N-ethyl adjacent to an activating group) is 1. The zero-order chi connectivity index (χ0) is 15.5. The molecule has 0 saturated carbocycles. The summed E-state index contributed by atoms with van der Waals surface area (Å²) in [5, 5.41) is 18.8. The summed E-state index contributed by atoms with van der Waals surface area (Å²) in [5.41, 5.74) is -0.425. The SMILES string of the molecule is Cc1n[nH]c(=O)c(C(=O)NCC(C)(O)CN(C)C)c1C. The van der Waals surface area contributed by atoms with Crippen LogP contribution < -0.4 is 10.9 Å². The summed E-state index contributed by atoms with van der Waals surface area (Å²) in [7, 11) is 3.66. The first-order valence-electron chi connectivity index (χ1n) is 6.35. The van der Waals surface area contributed by atoms with Crippen LogP contribution in [-0.2, 0) is 0 Å². The molecule has 1 amide bonds. The van der Waals surface area contributed by atoms with Gasteiger partial charge >= 0.3 is 0 Å². The molecular formula is C13H22N4O3. The van der Waals surface area contributed by atoms with Crippen molar-refractivity contribution in [2.75, 3.05) is 27.2 Å². The minimum atomic E-state index is -1.07. The fourth-order valence-corrected chi connectivity index (χ4v) is 2.00. The number of hydrogen-bond donors (Lipinski definition) is 3. The fraction of sp³-hybridized carbons (Fsp3) is 0.615. The van der Waals surface area contributed by atoms with Gasteiger partial charge in [0.15, 0.2) is 0 Å². The number of hydrogen-bond acceptors (Lipinski definition) is 5. The van der Waals surface area contributed by atoms with E-state index < -0.39 is 17.1 Å². The number of nitrogens with one attached hydrogen (secondary N) is 2. The maximum Gasteiger partial charge on any atom is 0.277 e. The maximum atomic E-state index is 12.1. The number of nitrogens with zero attached hydrogens (tertiary/aromatic N) is 2. The average molecular weight is 282 g/mol. The van der Waals surface area contributed by atoms with Gasteiger partial charge in [0, 0.05) is 13.1 Å². The predicted octanol–water partition coefficient (Wildman–Crippen LogP) is -0.571. The number of carbonyl (C=O) groups excluding carboxylic acids is 1. The van der Waals surface area contributed by atoms with Crippen LogP contribution in [0.4, 0.5) is 0 Å². The Morgan fingerprint density at radius 3 is 2.60 bits per heavy atom. The molecule has 0 spiro atoms. The van der Waals surface area contributed by atoms with Gasteiger partial charge in [0.2, 0.25) is 0 Å². The van der Waals surface area contributed by atoms with Crippen molar-refractivity contribution < 1.29 is 9.90 Å². The molecule has 3 N–H and O–H groups in total. The van der Waals surface area contributed by atoms with Crippen molar-refractivity contribution in [2.24, 2.45) is 0 Å². The molecule has 0 aliphatic carbocycles. The minimum Gasteiger partial charge on any atom is -0.387 e. The molecule has 1 aromatic heterocycles. The second-order valence-electron chi connectivity index (χ2n) is 5.56. The average Bonchev–Trinajstić information content (AvgIpc) is 2.30. The number of H-pyrrole nitrogens is 1. The molecule has 112 valence electrons. The molecule has 1 heterocycles. The van der Waals surface area contributed by atoms with E-state index in [9.17, 15) is 14.7 Å². The molecule has 0 aromatic carbocycles. The Hall–Kier alpha value is -1.73. The first-order valence-corrected chi connectivity index (χ1v) is 6.35. The third kappa shape index (κ3) is 4.14. The molecule has 1 aromatic rings. The van der Waals surface area contributed by atoms with E-state index >= 15 is 0 Å². The lowest BCUT2D eigenvalue weighted by molar-refractivity contribution is 0.0325. The third-order valence-electron chi connectivity index (χ3n) is 2.98. The third-order valence-corrected chi connectivity index (χ3v) is 2.98. The lowest BCUT2D eigenvalue weighted by atomic mass is 10.1. The van der Waals surface area contributed by atoms with Crippen molar-refractivity contribution in [3.8, 4) is 0 Å². The highest BCUT2D eigenvalue weighted by molar-refractivity contribution is 5.95. The molecular weight excluding hydrogens is 260 g/mol. The zero-order valence-corrected chi connectivity index (χ0v) is 12.6. The van der Waals surface area contributed by atoms with Crippen molar-refractivity contribution in [1.82, 2.24) is 20.4 Å². The van der Waals surface area contributed by atoms with Gasteiger partial charge in [-0.15, -0.1) is 0 Å². The number of aliphatic hydroxyl groups is 1. The Morgan fingerprint density at radius 2 is 2.05 bits per heavy atom. The van der Waals surface area contributed by atoms with Gasteiger partial charge in [-0.3, -0.25) is 9.59 Å². The van der Waals surface area contributed by atoms with Crippen LogP contribution in [0.5, 0.6) is 0 Å². The quantitative estimate of drug-likeness (QED) is 0.672. The molecule has 0 aliphatic rings. The summed E-state index contributed by atoms with van der Waals surface area (Å²) < 4.78 is 0. The number of aromatic nitrogens is 2. The lowest BCUT2D eigenvalue weighted by Crippen LogP contribution is -2.47. The van der Waals surface area contributed by atoms with E-state index in [1.54, 1.807) is 20.8 Å². The van der Waals surface area contributed by atoms with Crippen molar-refractivity contribution in [2.45, 2.75) is 26.4 Å². The van der Waals surface area contributed by atoms with Crippen LogP contribution in [0.1, 0.15) is 28.5 Å².